The van der Waals surface area contributed by atoms with E-state index in [1.54, 1.807) is 0 Å². The molecule has 0 atom stereocenters. The average molecular weight is 217 g/mol. The van der Waals surface area contributed by atoms with Crippen LogP contribution in [0.3, 0.4) is 0 Å². The number of carbonyl (C=O) groups is 1. The molecule has 0 unspecified atom stereocenters. The molecule has 0 saturated heterocycles. The minimum atomic E-state index is -0.255. The zero-order chi connectivity index (χ0) is 11.0. The lowest BCUT2D eigenvalue weighted by molar-refractivity contribution is -0.118. The van der Waals surface area contributed by atoms with Crippen molar-refractivity contribution in [2.45, 2.75) is 26.7 Å². The van der Waals surface area contributed by atoms with Crippen molar-refractivity contribution >= 4 is 17.4 Å². The van der Waals surface area contributed by atoms with Crippen LogP contribution >= 0.6 is 11.6 Å². The highest BCUT2D eigenvalue weighted by molar-refractivity contribution is 6.30. The number of rotatable bonds is 2. The summed E-state index contributed by atoms with van der Waals surface area (Å²) in [7, 11) is 0. The van der Waals surface area contributed by atoms with Gasteiger partial charge in [-0.2, -0.15) is 0 Å². The molecule has 0 radical (unpaired) electrons. The van der Waals surface area contributed by atoms with Crippen molar-refractivity contribution in [3.8, 4) is 0 Å². The van der Waals surface area contributed by atoms with Crippen molar-refractivity contribution in [2.24, 2.45) is 0 Å². The number of carbonyl (C=O) groups excluding carboxylic acids is 1. The number of hydrogen-bond acceptors (Lipinski definition) is 1. The van der Waals surface area contributed by atoms with Crippen LogP contribution in [0.4, 0.5) is 4.39 Å². The van der Waals surface area contributed by atoms with Gasteiger partial charge in [0, 0.05) is 17.9 Å². The van der Waals surface area contributed by atoms with E-state index in [4.69, 9.17) is 11.6 Å². The molecular weight excluding hydrogens is 203 g/mol. The first-order valence-electron chi connectivity index (χ1n) is 4.52. The van der Waals surface area contributed by atoms with Crippen LogP contribution in [0.15, 0.2) is 24.3 Å². The zero-order valence-corrected chi connectivity index (χ0v) is 9.14. The molecule has 0 aliphatic carbocycles. The summed E-state index contributed by atoms with van der Waals surface area (Å²) in [4.78, 5) is 10.2. The van der Waals surface area contributed by atoms with Crippen LogP contribution in [0, 0.1) is 5.82 Å². The summed E-state index contributed by atoms with van der Waals surface area (Å²) in [5.41, 5.74) is 0. The van der Waals surface area contributed by atoms with Crippen molar-refractivity contribution in [3.05, 3.63) is 35.1 Å². The predicted octanol–water partition coefficient (Wildman–Crippen LogP) is 3.85. The summed E-state index contributed by atoms with van der Waals surface area (Å²) >= 11 is 5.44. The Morgan fingerprint density at radius 1 is 1.21 bits per heavy atom. The molecule has 0 heterocycles. The third-order valence-corrected chi connectivity index (χ3v) is 1.84. The number of halogens is 2. The monoisotopic (exact) mass is 216 g/mol. The molecule has 14 heavy (non-hydrogen) atoms. The van der Waals surface area contributed by atoms with E-state index in [9.17, 15) is 9.18 Å². The molecule has 0 aliphatic rings. The molecule has 1 rings (SSSR count). The maximum Gasteiger partial charge on any atom is 0.132 e. The fourth-order valence-corrected chi connectivity index (χ4v) is 0.806. The van der Waals surface area contributed by atoms with E-state index in [2.05, 4.69) is 0 Å². The Kier molecular flexibility index (Phi) is 7.03. The van der Waals surface area contributed by atoms with Crippen LogP contribution in [0.1, 0.15) is 26.7 Å². The van der Waals surface area contributed by atoms with Crippen LogP contribution in [0.25, 0.3) is 0 Å². The fourth-order valence-electron chi connectivity index (χ4n) is 0.680. The molecule has 0 bridgehead atoms. The van der Waals surface area contributed by atoms with Crippen LogP contribution < -0.4 is 0 Å². The molecule has 0 spiro atoms. The Morgan fingerprint density at radius 3 is 1.86 bits per heavy atom. The van der Waals surface area contributed by atoms with Crippen molar-refractivity contribution in [2.75, 3.05) is 0 Å². The number of benzene rings is 1. The highest BCUT2D eigenvalue weighted by atomic mass is 35.5. The Hall–Kier alpha value is -0.890. The second-order valence-electron chi connectivity index (χ2n) is 2.68. The van der Waals surface area contributed by atoms with Gasteiger partial charge in [-0.05, 0) is 24.3 Å². The van der Waals surface area contributed by atoms with E-state index in [0.717, 1.165) is 0 Å². The summed E-state index contributed by atoms with van der Waals surface area (Å²) in [6.45, 7) is 3.76. The second-order valence-corrected chi connectivity index (χ2v) is 3.12. The molecule has 1 aromatic carbocycles. The Labute approximate surface area is 88.9 Å². The number of Topliss-reactive ketones (excluding diaryl/α,β-unsaturated/α-hetero) is 1. The first kappa shape index (κ1) is 13.1. The second kappa shape index (κ2) is 7.51. The SMILES string of the molecule is CCC(=O)CC.Fc1ccc(Cl)cc1. The third-order valence-electron chi connectivity index (χ3n) is 1.59. The van der Waals surface area contributed by atoms with Gasteiger partial charge in [-0.1, -0.05) is 25.4 Å². The molecule has 78 valence electrons. The maximum absolute atomic E-state index is 12.0. The van der Waals surface area contributed by atoms with Gasteiger partial charge in [-0.3, -0.25) is 4.79 Å². The standard InChI is InChI=1S/C6H4ClF.C5H10O/c7-5-1-3-6(8)4-2-5;1-3-5(6)4-2/h1-4H;3-4H2,1-2H3. The van der Waals surface area contributed by atoms with Crippen LogP contribution in [-0.4, -0.2) is 5.78 Å². The normalized spacial score (nSPS) is 8.86. The Balaban J connectivity index is 0.000000255. The van der Waals surface area contributed by atoms with Crippen molar-refractivity contribution < 1.29 is 9.18 Å². The van der Waals surface area contributed by atoms with E-state index in [1.165, 1.54) is 24.3 Å². The molecule has 0 fully saturated rings. The van der Waals surface area contributed by atoms with Gasteiger partial charge in [0.15, 0.2) is 0 Å². The molecular formula is C11H14ClFO. The van der Waals surface area contributed by atoms with Gasteiger partial charge >= 0.3 is 0 Å². The Bertz CT molecular complexity index is 242. The lowest BCUT2D eigenvalue weighted by Gasteiger charge is -1.84. The van der Waals surface area contributed by atoms with Gasteiger partial charge < -0.3 is 0 Å². The van der Waals surface area contributed by atoms with E-state index < -0.39 is 0 Å². The van der Waals surface area contributed by atoms with Gasteiger partial charge in [-0.25, -0.2) is 4.39 Å². The van der Waals surface area contributed by atoms with Crippen molar-refractivity contribution in [1.29, 1.82) is 0 Å². The van der Waals surface area contributed by atoms with Gasteiger partial charge in [0.1, 0.15) is 11.6 Å². The largest absolute Gasteiger partial charge is 0.300 e. The molecule has 1 aromatic rings. The summed E-state index contributed by atoms with van der Waals surface area (Å²) in [6, 6.07) is 5.67. The molecule has 0 N–H and O–H groups in total. The summed E-state index contributed by atoms with van der Waals surface area (Å²) in [6.07, 6.45) is 1.38. The highest BCUT2D eigenvalue weighted by Gasteiger charge is 1.86. The highest BCUT2D eigenvalue weighted by Crippen LogP contribution is 2.07. The van der Waals surface area contributed by atoms with E-state index in [0.29, 0.717) is 23.6 Å². The van der Waals surface area contributed by atoms with Crippen LogP contribution in [0.2, 0.25) is 5.02 Å². The van der Waals surface area contributed by atoms with Crippen LogP contribution in [-0.2, 0) is 4.79 Å². The minimum Gasteiger partial charge on any atom is -0.300 e. The molecule has 0 amide bonds. The molecule has 0 aromatic heterocycles. The molecule has 1 nitrogen and oxygen atoms in total. The van der Waals surface area contributed by atoms with Gasteiger partial charge in [0.2, 0.25) is 0 Å². The van der Waals surface area contributed by atoms with E-state index >= 15 is 0 Å². The number of ketones is 1. The smallest absolute Gasteiger partial charge is 0.132 e. The topological polar surface area (TPSA) is 17.1 Å². The van der Waals surface area contributed by atoms with Gasteiger partial charge in [0.05, 0.1) is 0 Å². The van der Waals surface area contributed by atoms with Crippen molar-refractivity contribution in [3.63, 3.8) is 0 Å². The summed E-state index contributed by atoms with van der Waals surface area (Å²) in [5.74, 6) is 0.0874. The average Bonchev–Trinajstić information content (AvgIpc) is 2.22. The summed E-state index contributed by atoms with van der Waals surface area (Å²) in [5, 5.41) is 0.561. The third kappa shape index (κ3) is 6.61. The number of hydrogen-bond donors (Lipinski definition) is 0. The molecule has 0 saturated carbocycles. The Morgan fingerprint density at radius 2 is 1.64 bits per heavy atom. The van der Waals surface area contributed by atoms with Gasteiger partial charge in [-0.15, -0.1) is 0 Å². The van der Waals surface area contributed by atoms with E-state index in [-0.39, 0.29) is 5.82 Å². The molecule has 3 heteroatoms. The maximum atomic E-state index is 12.0. The lowest BCUT2D eigenvalue weighted by Crippen LogP contribution is -1.88. The lowest BCUT2D eigenvalue weighted by atomic mass is 10.3. The predicted molar refractivity (Wildman–Crippen MR) is 57.0 cm³/mol. The quantitative estimate of drug-likeness (QED) is 0.734. The first-order chi connectivity index (χ1) is 6.60. The van der Waals surface area contributed by atoms with E-state index in [1.807, 2.05) is 13.8 Å². The first-order valence-corrected chi connectivity index (χ1v) is 4.90. The summed E-state index contributed by atoms with van der Waals surface area (Å²) < 4.78 is 12.0. The minimum absolute atomic E-state index is 0.255. The molecule has 0 aliphatic heterocycles. The van der Waals surface area contributed by atoms with Gasteiger partial charge in [0.25, 0.3) is 0 Å². The zero-order valence-electron chi connectivity index (χ0n) is 8.39. The van der Waals surface area contributed by atoms with Crippen molar-refractivity contribution in [1.82, 2.24) is 0 Å². The van der Waals surface area contributed by atoms with Crippen LogP contribution in [0.5, 0.6) is 0 Å². The fraction of sp³-hybridized carbons (Fsp3) is 0.364.